The molecule has 2 nitrogen and oxygen atoms in total. The third-order valence-corrected chi connectivity index (χ3v) is 3.60. The third kappa shape index (κ3) is 2.19. The van der Waals surface area contributed by atoms with E-state index in [1.165, 1.54) is 10.9 Å². The monoisotopic (exact) mass is 221 g/mol. The van der Waals surface area contributed by atoms with E-state index in [0.29, 0.717) is 5.37 Å². The van der Waals surface area contributed by atoms with Gasteiger partial charge in [0, 0.05) is 17.5 Å². The van der Waals surface area contributed by atoms with Crippen LogP contribution in [-0.4, -0.2) is 22.0 Å². The number of aliphatic hydroxyl groups is 1. The van der Waals surface area contributed by atoms with E-state index in [2.05, 4.69) is 48.0 Å². The number of aliphatic hydroxyl groups excluding tert-OH is 1. The fourth-order valence-corrected chi connectivity index (χ4v) is 2.52. The highest BCUT2D eigenvalue weighted by atomic mass is 32.2. The van der Waals surface area contributed by atoms with Gasteiger partial charge in [0.15, 0.2) is 0 Å². The van der Waals surface area contributed by atoms with Crippen LogP contribution in [-0.2, 0) is 0 Å². The lowest BCUT2D eigenvalue weighted by Crippen LogP contribution is -2.01. The molecule has 80 valence electrons. The molecule has 0 fully saturated rings. The minimum absolute atomic E-state index is 0.244. The first-order valence-electron chi connectivity index (χ1n) is 5.11. The van der Waals surface area contributed by atoms with Crippen LogP contribution < -0.4 is 0 Å². The molecule has 1 aromatic carbocycles. The van der Waals surface area contributed by atoms with Gasteiger partial charge in [0.2, 0.25) is 0 Å². The standard InChI is InChI=1S/C12H15NOS/c1-10(15-9-8-14)13-7-6-11-4-2-3-5-12(11)13/h2-7,10,14H,8-9H2,1H3. The Labute approximate surface area is 93.9 Å². The predicted octanol–water partition coefficient (Wildman–Crippen LogP) is 2.89. The summed E-state index contributed by atoms with van der Waals surface area (Å²) in [7, 11) is 0. The first kappa shape index (κ1) is 10.6. The molecule has 0 saturated carbocycles. The van der Waals surface area contributed by atoms with Crippen molar-refractivity contribution in [3.63, 3.8) is 0 Å². The van der Waals surface area contributed by atoms with Gasteiger partial charge in [-0.15, -0.1) is 11.8 Å². The van der Waals surface area contributed by atoms with Crippen LogP contribution in [0.1, 0.15) is 12.3 Å². The number of thioether (sulfide) groups is 1. The Morgan fingerprint density at radius 3 is 2.93 bits per heavy atom. The van der Waals surface area contributed by atoms with Gasteiger partial charge in [-0.3, -0.25) is 0 Å². The van der Waals surface area contributed by atoms with E-state index >= 15 is 0 Å². The predicted molar refractivity (Wildman–Crippen MR) is 66.2 cm³/mol. The summed E-state index contributed by atoms with van der Waals surface area (Å²) < 4.78 is 2.25. The molecule has 0 radical (unpaired) electrons. The largest absolute Gasteiger partial charge is 0.396 e. The topological polar surface area (TPSA) is 25.2 Å². The molecule has 2 rings (SSSR count). The Kier molecular flexibility index (Phi) is 3.34. The van der Waals surface area contributed by atoms with Crippen LogP contribution >= 0.6 is 11.8 Å². The average molecular weight is 221 g/mol. The van der Waals surface area contributed by atoms with Gasteiger partial charge in [-0.05, 0) is 24.4 Å². The smallest absolute Gasteiger partial charge is 0.0766 e. The number of hydrogen-bond donors (Lipinski definition) is 1. The zero-order valence-electron chi connectivity index (χ0n) is 8.76. The Bertz CT molecular complexity index is 438. The van der Waals surface area contributed by atoms with Crippen molar-refractivity contribution in [3.05, 3.63) is 36.5 Å². The summed E-state index contributed by atoms with van der Waals surface area (Å²) in [6.07, 6.45) is 2.11. The van der Waals surface area contributed by atoms with E-state index in [4.69, 9.17) is 5.11 Å². The number of benzene rings is 1. The van der Waals surface area contributed by atoms with Crippen LogP contribution in [0.4, 0.5) is 0 Å². The molecule has 0 amide bonds. The number of para-hydroxylation sites is 1. The van der Waals surface area contributed by atoms with Gasteiger partial charge >= 0.3 is 0 Å². The molecular weight excluding hydrogens is 206 g/mol. The van der Waals surface area contributed by atoms with Gasteiger partial charge in [-0.25, -0.2) is 0 Å². The lowest BCUT2D eigenvalue weighted by Gasteiger charge is -2.14. The highest BCUT2D eigenvalue weighted by Gasteiger charge is 2.07. The molecule has 15 heavy (non-hydrogen) atoms. The van der Waals surface area contributed by atoms with Crippen molar-refractivity contribution < 1.29 is 5.11 Å². The first-order valence-corrected chi connectivity index (χ1v) is 6.16. The van der Waals surface area contributed by atoms with Crippen LogP contribution in [0.5, 0.6) is 0 Å². The molecule has 3 heteroatoms. The number of hydrogen-bond acceptors (Lipinski definition) is 2. The first-order chi connectivity index (χ1) is 7.33. The highest BCUT2D eigenvalue weighted by molar-refractivity contribution is 7.99. The number of nitrogens with zero attached hydrogens (tertiary/aromatic N) is 1. The van der Waals surface area contributed by atoms with Crippen LogP contribution in [0.2, 0.25) is 0 Å². The van der Waals surface area contributed by atoms with Gasteiger partial charge < -0.3 is 9.67 Å². The molecule has 0 spiro atoms. The lowest BCUT2D eigenvalue weighted by atomic mass is 10.2. The summed E-state index contributed by atoms with van der Waals surface area (Å²) in [6.45, 7) is 2.40. The molecule has 0 saturated heterocycles. The highest BCUT2D eigenvalue weighted by Crippen LogP contribution is 2.27. The average Bonchev–Trinajstić information content (AvgIpc) is 2.69. The number of rotatable bonds is 4. The lowest BCUT2D eigenvalue weighted by molar-refractivity contribution is 0.322. The summed E-state index contributed by atoms with van der Waals surface area (Å²) in [5, 5.41) is 10.4. The normalized spacial score (nSPS) is 13.2. The molecule has 0 aliphatic rings. The molecule has 2 aromatic rings. The summed E-state index contributed by atoms with van der Waals surface area (Å²) in [4.78, 5) is 0. The van der Waals surface area contributed by atoms with E-state index in [0.717, 1.165) is 5.75 Å². The van der Waals surface area contributed by atoms with Crippen LogP contribution in [0.3, 0.4) is 0 Å². The van der Waals surface area contributed by atoms with Crippen molar-refractivity contribution in [1.82, 2.24) is 4.57 Å². The van der Waals surface area contributed by atoms with Gasteiger partial charge in [-0.1, -0.05) is 18.2 Å². The van der Waals surface area contributed by atoms with E-state index in [1.54, 1.807) is 11.8 Å². The van der Waals surface area contributed by atoms with Crippen molar-refractivity contribution in [3.8, 4) is 0 Å². The zero-order valence-corrected chi connectivity index (χ0v) is 9.57. The van der Waals surface area contributed by atoms with E-state index in [9.17, 15) is 0 Å². The second-order valence-corrected chi connectivity index (χ2v) is 4.90. The molecule has 1 atom stereocenters. The van der Waals surface area contributed by atoms with Crippen LogP contribution in [0.15, 0.2) is 36.5 Å². The summed E-state index contributed by atoms with van der Waals surface area (Å²) >= 11 is 1.76. The van der Waals surface area contributed by atoms with Gasteiger partial charge in [0.05, 0.1) is 12.0 Å². The van der Waals surface area contributed by atoms with Crippen molar-refractivity contribution >= 4 is 22.7 Å². The molecule has 1 N–H and O–H groups in total. The second kappa shape index (κ2) is 4.73. The molecule has 1 unspecified atom stereocenters. The molecule has 1 aromatic heterocycles. The molecule has 0 bridgehead atoms. The van der Waals surface area contributed by atoms with E-state index in [1.807, 2.05) is 0 Å². The maximum atomic E-state index is 8.80. The molecule has 0 aliphatic carbocycles. The Morgan fingerprint density at radius 1 is 1.33 bits per heavy atom. The minimum atomic E-state index is 0.244. The maximum absolute atomic E-state index is 8.80. The fraction of sp³-hybridized carbons (Fsp3) is 0.333. The molecular formula is C12H15NOS. The summed E-state index contributed by atoms with van der Waals surface area (Å²) in [6, 6.07) is 10.5. The van der Waals surface area contributed by atoms with Gasteiger partial charge in [0.25, 0.3) is 0 Å². The third-order valence-electron chi connectivity index (χ3n) is 2.47. The molecule has 1 heterocycles. The number of aromatic nitrogens is 1. The Hall–Kier alpha value is -0.930. The van der Waals surface area contributed by atoms with Crippen molar-refractivity contribution in [2.45, 2.75) is 12.3 Å². The fourth-order valence-electron chi connectivity index (χ4n) is 1.73. The Morgan fingerprint density at radius 2 is 2.13 bits per heavy atom. The maximum Gasteiger partial charge on any atom is 0.0766 e. The van der Waals surface area contributed by atoms with Crippen molar-refractivity contribution in [2.24, 2.45) is 0 Å². The second-order valence-electron chi connectivity index (χ2n) is 3.48. The van der Waals surface area contributed by atoms with Gasteiger partial charge in [0.1, 0.15) is 0 Å². The van der Waals surface area contributed by atoms with Crippen molar-refractivity contribution in [1.29, 1.82) is 0 Å². The van der Waals surface area contributed by atoms with Gasteiger partial charge in [-0.2, -0.15) is 0 Å². The zero-order chi connectivity index (χ0) is 10.7. The Balaban J connectivity index is 2.27. The van der Waals surface area contributed by atoms with Crippen LogP contribution in [0, 0.1) is 0 Å². The summed E-state index contributed by atoms with van der Waals surface area (Å²) in [5.74, 6) is 0.785. The minimum Gasteiger partial charge on any atom is -0.396 e. The SMILES string of the molecule is CC(SCCO)n1ccc2ccccc21. The van der Waals surface area contributed by atoms with E-state index < -0.39 is 0 Å². The quantitative estimate of drug-likeness (QED) is 0.858. The molecule has 0 aliphatic heterocycles. The van der Waals surface area contributed by atoms with Crippen LogP contribution in [0.25, 0.3) is 10.9 Å². The number of fused-ring (bicyclic) bond motifs is 1. The summed E-state index contributed by atoms with van der Waals surface area (Å²) in [5.41, 5.74) is 1.26. The van der Waals surface area contributed by atoms with E-state index in [-0.39, 0.29) is 6.61 Å². The van der Waals surface area contributed by atoms with Crippen molar-refractivity contribution in [2.75, 3.05) is 12.4 Å².